The molecule has 0 heterocycles. The van der Waals surface area contributed by atoms with Crippen molar-refractivity contribution < 1.29 is 0 Å². The van der Waals surface area contributed by atoms with E-state index in [2.05, 4.69) is 75.5 Å². The summed E-state index contributed by atoms with van der Waals surface area (Å²) in [6.07, 6.45) is 0. The molecular formula is C19H20. The smallest absolute Gasteiger partial charge is 0.0610 e. The zero-order valence-electron chi connectivity index (χ0n) is 11.7. The lowest BCUT2D eigenvalue weighted by Gasteiger charge is -2.36. The molecule has 0 aromatic heterocycles. The van der Waals surface area contributed by atoms with E-state index in [4.69, 9.17) is 0 Å². The predicted octanol–water partition coefficient (Wildman–Crippen LogP) is 5.12. The molecule has 0 radical (unpaired) electrons. The number of benzene rings is 2. The first-order chi connectivity index (χ1) is 9.10. The quantitative estimate of drug-likeness (QED) is 0.658. The highest BCUT2D eigenvalue weighted by Crippen LogP contribution is 2.43. The third-order valence-electron chi connectivity index (χ3n) is 3.69. The third kappa shape index (κ3) is 2.15. The summed E-state index contributed by atoms with van der Waals surface area (Å²) in [5, 5.41) is 0. The van der Waals surface area contributed by atoms with Crippen LogP contribution in [0.1, 0.15) is 25.0 Å². The molecule has 0 amide bonds. The fraction of sp³-hybridized carbons (Fsp3) is 0.158. The first-order valence-corrected chi connectivity index (χ1v) is 6.53. The molecule has 0 heteroatoms. The van der Waals surface area contributed by atoms with E-state index in [0.717, 1.165) is 11.1 Å². The van der Waals surface area contributed by atoms with Gasteiger partial charge in [0.2, 0.25) is 0 Å². The monoisotopic (exact) mass is 248 g/mol. The van der Waals surface area contributed by atoms with E-state index in [1.165, 1.54) is 11.1 Å². The summed E-state index contributed by atoms with van der Waals surface area (Å²) in [7, 11) is 0. The Bertz CT molecular complexity index is 520. The molecule has 0 spiro atoms. The molecule has 0 nitrogen and oxygen atoms in total. The first-order valence-electron chi connectivity index (χ1n) is 6.53. The van der Waals surface area contributed by atoms with Gasteiger partial charge in [-0.25, -0.2) is 0 Å². The standard InChI is InChI=1S/C19H20/c1-15(2)19(16(3)4,17-11-7-5-8-12-17)18-13-9-6-10-14-18/h5-14H,1,3H2,2,4H3. The molecule has 0 fully saturated rings. The van der Waals surface area contributed by atoms with Gasteiger partial charge < -0.3 is 0 Å². The van der Waals surface area contributed by atoms with E-state index in [0.29, 0.717) is 0 Å². The van der Waals surface area contributed by atoms with Crippen LogP contribution in [0.5, 0.6) is 0 Å². The molecule has 0 aliphatic carbocycles. The van der Waals surface area contributed by atoms with Crippen LogP contribution >= 0.6 is 0 Å². The molecule has 2 rings (SSSR count). The highest BCUT2D eigenvalue weighted by molar-refractivity contribution is 5.55. The van der Waals surface area contributed by atoms with Gasteiger partial charge in [0, 0.05) is 0 Å². The summed E-state index contributed by atoms with van der Waals surface area (Å²) in [5.74, 6) is 0. The molecule has 96 valence electrons. The van der Waals surface area contributed by atoms with E-state index in [1.807, 2.05) is 12.1 Å². The second kappa shape index (κ2) is 5.27. The van der Waals surface area contributed by atoms with E-state index in [1.54, 1.807) is 0 Å². The van der Waals surface area contributed by atoms with Crippen molar-refractivity contribution in [1.29, 1.82) is 0 Å². The highest BCUT2D eigenvalue weighted by Gasteiger charge is 2.35. The fourth-order valence-electron chi connectivity index (χ4n) is 2.89. The maximum Gasteiger partial charge on any atom is 0.0610 e. The van der Waals surface area contributed by atoms with Gasteiger partial charge in [0.15, 0.2) is 0 Å². The zero-order valence-corrected chi connectivity index (χ0v) is 11.7. The second-order valence-corrected chi connectivity index (χ2v) is 5.04. The molecule has 0 aliphatic heterocycles. The van der Waals surface area contributed by atoms with Gasteiger partial charge >= 0.3 is 0 Å². The molecule has 0 aliphatic rings. The molecule has 0 unspecified atom stereocenters. The van der Waals surface area contributed by atoms with Gasteiger partial charge in [-0.2, -0.15) is 0 Å². The summed E-state index contributed by atoms with van der Waals surface area (Å²) in [6, 6.07) is 20.9. The Hall–Kier alpha value is -2.08. The Labute approximate surface area is 116 Å². The van der Waals surface area contributed by atoms with Crippen LogP contribution < -0.4 is 0 Å². The summed E-state index contributed by atoms with van der Waals surface area (Å²) < 4.78 is 0. The minimum atomic E-state index is -0.303. The summed E-state index contributed by atoms with van der Waals surface area (Å²) in [5.41, 5.74) is 4.33. The lowest BCUT2D eigenvalue weighted by molar-refractivity contribution is 0.711. The number of hydrogen-bond donors (Lipinski definition) is 0. The molecule has 0 saturated heterocycles. The molecule has 2 aromatic rings. The molecule has 2 aromatic carbocycles. The Morgan fingerprint density at radius 2 is 1.00 bits per heavy atom. The van der Waals surface area contributed by atoms with Crippen molar-refractivity contribution in [1.82, 2.24) is 0 Å². The van der Waals surface area contributed by atoms with E-state index < -0.39 is 0 Å². The Morgan fingerprint density at radius 3 is 1.26 bits per heavy atom. The maximum absolute atomic E-state index is 4.24. The Morgan fingerprint density at radius 1 is 0.684 bits per heavy atom. The van der Waals surface area contributed by atoms with Crippen LogP contribution in [0.2, 0.25) is 0 Å². The normalized spacial score (nSPS) is 11.1. The minimum Gasteiger partial charge on any atom is -0.0986 e. The van der Waals surface area contributed by atoms with Gasteiger partial charge in [0.1, 0.15) is 0 Å². The molecular weight excluding hydrogens is 228 g/mol. The molecule has 19 heavy (non-hydrogen) atoms. The Balaban J connectivity index is 2.77. The van der Waals surface area contributed by atoms with E-state index in [9.17, 15) is 0 Å². The van der Waals surface area contributed by atoms with E-state index >= 15 is 0 Å². The molecule has 0 N–H and O–H groups in total. The average Bonchev–Trinajstić information content (AvgIpc) is 2.41. The van der Waals surface area contributed by atoms with Crippen molar-refractivity contribution in [3.63, 3.8) is 0 Å². The van der Waals surface area contributed by atoms with Crippen molar-refractivity contribution in [2.75, 3.05) is 0 Å². The van der Waals surface area contributed by atoms with Gasteiger partial charge in [-0.3, -0.25) is 0 Å². The predicted molar refractivity (Wildman–Crippen MR) is 83.3 cm³/mol. The lowest BCUT2D eigenvalue weighted by atomic mass is 9.66. The Kier molecular flexibility index (Phi) is 3.71. The fourth-order valence-corrected chi connectivity index (χ4v) is 2.89. The molecule has 0 bridgehead atoms. The zero-order chi connectivity index (χ0) is 13.9. The van der Waals surface area contributed by atoms with Gasteiger partial charge in [-0.05, 0) is 25.0 Å². The van der Waals surface area contributed by atoms with Crippen molar-refractivity contribution in [3.8, 4) is 0 Å². The minimum absolute atomic E-state index is 0.303. The number of rotatable bonds is 4. The van der Waals surface area contributed by atoms with E-state index in [-0.39, 0.29) is 5.41 Å². The topological polar surface area (TPSA) is 0 Å². The van der Waals surface area contributed by atoms with Crippen LogP contribution in [0, 0.1) is 0 Å². The first kappa shape index (κ1) is 13.4. The van der Waals surface area contributed by atoms with Crippen LogP contribution in [0.4, 0.5) is 0 Å². The van der Waals surface area contributed by atoms with Crippen molar-refractivity contribution in [3.05, 3.63) is 96.1 Å². The van der Waals surface area contributed by atoms with Crippen LogP contribution in [0.25, 0.3) is 0 Å². The lowest BCUT2D eigenvalue weighted by Crippen LogP contribution is -2.29. The van der Waals surface area contributed by atoms with Crippen molar-refractivity contribution >= 4 is 0 Å². The largest absolute Gasteiger partial charge is 0.0986 e. The van der Waals surface area contributed by atoms with Crippen LogP contribution in [0.15, 0.2) is 85.0 Å². The van der Waals surface area contributed by atoms with Gasteiger partial charge in [0.25, 0.3) is 0 Å². The van der Waals surface area contributed by atoms with Gasteiger partial charge in [-0.1, -0.05) is 85.0 Å². The number of hydrogen-bond acceptors (Lipinski definition) is 0. The van der Waals surface area contributed by atoms with Gasteiger partial charge in [0.05, 0.1) is 5.41 Å². The van der Waals surface area contributed by atoms with Crippen molar-refractivity contribution in [2.24, 2.45) is 0 Å². The summed E-state index contributed by atoms with van der Waals surface area (Å²) in [4.78, 5) is 0. The average molecular weight is 248 g/mol. The van der Waals surface area contributed by atoms with Crippen LogP contribution in [-0.2, 0) is 5.41 Å². The SMILES string of the molecule is C=C(C)C(C(=C)C)(c1ccccc1)c1ccccc1. The summed E-state index contributed by atoms with van der Waals surface area (Å²) >= 11 is 0. The number of allylic oxidation sites excluding steroid dienone is 2. The third-order valence-corrected chi connectivity index (χ3v) is 3.69. The highest BCUT2D eigenvalue weighted by atomic mass is 14.4. The molecule has 0 saturated carbocycles. The van der Waals surface area contributed by atoms with Gasteiger partial charge in [-0.15, -0.1) is 0 Å². The van der Waals surface area contributed by atoms with Crippen LogP contribution in [-0.4, -0.2) is 0 Å². The summed E-state index contributed by atoms with van der Waals surface area (Å²) in [6.45, 7) is 12.6. The molecule has 0 atom stereocenters. The van der Waals surface area contributed by atoms with Crippen molar-refractivity contribution in [2.45, 2.75) is 19.3 Å². The maximum atomic E-state index is 4.24. The second-order valence-electron chi connectivity index (χ2n) is 5.04. The van der Waals surface area contributed by atoms with Crippen LogP contribution in [0.3, 0.4) is 0 Å².